The highest BCUT2D eigenvalue weighted by Crippen LogP contribution is 2.27. The molecule has 3 rings (SSSR count). The molecule has 3 aromatic rings. The number of rotatable bonds is 6. The first kappa shape index (κ1) is 19.8. The fourth-order valence-corrected chi connectivity index (χ4v) is 2.82. The molecule has 0 saturated heterocycles. The predicted octanol–water partition coefficient (Wildman–Crippen LogP) is 5.16. The van der Waals surface area contributed by atoms with Crippen LogP contribution < -0.4 is 15.4 Å². The van der Waals surface area contributed by atoms with Crippen molar-refractivity contribution in [3.63, 3.8) is 0 Å². The van der Waals surface area contributed by atoms with Crippen LogP contribution in [0.3, 0.4) is 0 Å². The molecule has 0 bridgehead atoms. The molecule has 1 aromatic heterocycles. The molecule has 0 aliphatic rings. The lowest BCUT2D eigenvalue weighted by Gasteiger charge is -2.12. The first-order chi connectivity index (χ1) is 13.4. The molecule has 0 aliphatic carbocycles. The van der Waals surface area contributed by atoms with Gasteiger partial charge in [0.05, 0.1) is 11.3 Å². The van der Waals surface area contributed by atoms with Gasteiger partial charge in [-0.25, -0.2) is 0 Å². The van der Waals surface area contributed by atoms with Gasteiger partial charge in [-0.3, -0.25) is 9.59 Å². The number of ether oxygens (including phenoxy) is 1. The van der Waals surface area contributed by atoms with Crippen LogP contribution in [0.25, 0.3) is 0 Å². The average molecular weight is 419 g/mol. The van der Waals surface area contributed by atoms with Gasteiger partial charge < -0.3 is 19.8 Å². The Balaban J connectivity index is 1.62. The van der Waals surface area contributed by atoms with Crippen LogP contribution in [0.2, 0.25) is 10.0 Å². The van der Waals surface area contributed by atoms with Crippen molar-refractivity contribution in [2.45, 2.75) is 6.92 Å². The number of amides is 2. The van der Waals surface area contributed by atoms with E-state index < -0.39 is 0 Å². The quantitative estimate of drug-likeness (QED) is 0.578. The molecule has 0 unspecified atom stereocenters. The summed E-state index contributed by atoms with van der Waals surface area (Å²) in [4.78, 5) is 24.3. The normalized spacial score (nSPS) is 10.4. The van der Waals surface area contributed by atoms with Crippen LogP contribution in [0.5, 0.6) is 5.75 Å². The van der Waals surface area contributed by atoms with Gasteiger partial charge in [-0.2, -0.15) is 0 Å². The van der Waals surface area contributed by atoms with E-state index in [1.165, 1.54) is 12.3 Å². The predicted molar refractivity (Wildman–Crippen MR) is 108 cm³/mol. The minimum Gasteiger partial charge on any atom is -0.482 e. The van der Waals surface area contributed by atoms with Gasteiger partial charge >= 0.3 is 0 Å². The van der Waals surface area contributed by atoms with E-state index in [1.807, 2.05) is 6.92 Å². The third-order valence-electron chi connectivity index (χ3n) is 3.77. The maximum atomic E-state index is 12.2. The fourth-order valence-electron chi connectivity index (χ4n) is 2.36. The van der Waals surface area contributed by atoms with Crippen LogP contribution >= 0.6 is 23.2 Å². The lowest BCUT2D eigenvalue weighted by molar-refractivity contribution is -0.118. The molecule has 0 spiro atoms. The average Bonchev–Trinajstić information content (AvgIpc) is 3.18. The number of furan rings is 1. The Morgan fingerprint density at radius 2 is 1.89 bits per heavy atom. The molecule has 0 fully saturated rings. The summed E-state index contributed by atoms with van der Waals surface area (Å²) in [6, 6.07) is 13.1. The second-order valence-corrected chi connectivity index (χ2v) is 6.72. The summed E-state index contributed by atoms with van der Waals surface area (Å²) in [7, 11) is 0. The summed E-state index contributed by atoms with van der Waals surface area (Å²) >= 11 is 11.9. The molecule has 28 heavy (non-hydrogen) atoms. The Kier molecular flexibility index (Phi) is 6.23. The van der Waals surface area contributed by atoms with E-state index in [0.717, 1.165) is 5.56 Å². The van der Waals surface area contributed by atoms with Gasteiger partial charge in [-0.1, -0.05) is 29.3 Å². The smallest absolute Gasteiger partial charge is 0.291 e. The van der Waals surface area contributed by atoms with E-state index in [1.54, 1.807) is 42.5 Å². The first-order valence-electron chi connectivity index (χ1n) is 8.25. The van der Waals surface area contributed by atoms with Crippen LogP contribution in [0.4, 0.5) is 11.4 Å². The lowest BCUT2D eigenvalue weighted by atomic mass is 10.1. The molecule has 0 radical (unpaired) electrons. The SMILES string of the molecule is Cc1ccc(NC(=O)c2ccco2)cc1NC(=O)COc1ccc(Cl)cc1Cl. The van der Waals surface area contributed by atoms with E-state index in [4.69, 9.17) is 32.4 Å². The number of anilines is 2. The van der Waals surface area contributed by atoms with Crippen LogP contribution in [0, 0.1) is 6.92 Å². The van der Waals surface area contributed by atoms with Crippen LogP contribution in [-0.4, -0.2) is 18.4 Å². The number of hydrogen-bond acceptors (Lipinski definition) is 4. The molecular weight excluding hydrogens is 403 g/mol. The van der Waals surface area contributed by atoms with Gasteiger partial charge in [0.1, 0.15) is 5.75 Å². The highest BCUT2D eigenvalue weighted by molar-refractivity contribution is 6.35. The summed E-state index contributed by atoms with van der Waals surface area (Å²) in [5, 5.41) is 6.26. The lowest BCUT2D eigenvalue weighted by Crippen LogP contribution is -2.21. The Morgan fingerprint density at radius 3 is 2.61 bits per heavy atom. The van der Waals surface area contributed by atoms with Crippen LogP contribution in [-0.2, 0) is 4.79 Å². The van der Waals surface area contributed by atoms with Gasteiger partial charge in [0.2, 0.25) is 0 Å². The van der Waals surface area contributed by atoms with Gasteiger partial charge in [-0.05, 0) is 55.0 Å². The zero-order chi connectivity index (χ0) is 20.1. The summed E-state index contributed by atoms with van der Waals surface area (Å²) < 4.78 is 10.5. The highest BCUT2D eigenvalue weighted by atomic mass is 35.5. The van der Waals surface area contributed by atoms with Crippen molar-refractivity contribution in [3.05, 3.63) is 76.2 Å². The number of nitrogens with one attached hydrogen (secondary N) is 2. The minimum atomic E-state index is -0.383. The van der Waals surface area contributed by atoms with Crippen molar-refractivity contribution >= 4 is 46.4 Å². The summed E-state index contributed by atoms with van der Waals surface area (Å²) in [6.07, 6.45) is 1.42. The van der Waals surface area contributed by atoms with Crippen molar-refractivity contribution in [3.8, 4) is 5.75 Å². The third-order valence-corrected chi connectivity index (χ3v) is 4.30. The molecule has 0 aliphatic heterocycles. The molecule has 8 heteroatoms. The van der Waals surface area contributed by atoms with E-state index in [-0.39, 0.29) is 24.2 Å². The first-order valence-corrected chi connectivity index (χ1v) is 9.01. The zero-order valence-corrected chi connectivity index (χ0v) is 16.3. The van der Waals surface area contributed by atoms with E-state index in [0.29, 0.717) is 27.2 Å². The molecule has 0 atom stereocenters. The standard InChI is InChI=1S/C20H16Cl2N2O4/c1-12-4-6-14(23-20(26)18-3-2-8-27-18)10-16(12)24-19(25)11-28-17-7-5-13(21)9-15(17)22/h2-10H,11H2,1H3,(H,23,26)(H,24,25). The highest BCUT2D eigenvalue weighted by Gasteiger charge is 2.12. The number of aryl methyl sites for hydroxylation is 1. The molecule has 1 heterocycles. The number of halogens is 2. The zero-order valence-electron chi connectivity index (χ0n) is 14.8. The molecule has 2 amide bonds. The Hall–Kier alpha value is -2.96. The van der Waals surface area contributed by atoms with Crippen molar-refractivity contribution in [2.24, 2.45) is 0 Å². The number of benzene rings is 2. The second kappa shape index (κ2) is 8.82. The summed E-state index contributed by atoms with van der Waals surface area (Å²) in [5.74, 6) is -0.202. The van der Waals surface area contributed by atoms with Crippen LogP contribution in [0.15, 0.2) is 59.2 Å². The van der Waals surface area contributed by atoms with Gasteiger partial charge in [-0.15, -0.1) is 0 Å². The van der Waals surface area contributed by atoms with Crippen molar-refractivity contribution in [2.75, 3.05) is 17.2 Å². The van der Waals surface area contributed by atoms with Crippen molar-refractivity contribution in [1.29, 1.82) is 0 Å². The maximum Gasteiger partial charge on any atom is 0.291 e. The monoisotopic (exact) mass is 418 g/mol. The van der Waals surface area contributed by atoms with Crippen molar-refractivity contribution in [1.82, 2.24) is 0 Å². The van der Waals surface area contributed by atoms with Gasteiger partial charge in [0, 0.05) is 16.4 Å². The number of carbonyl (C=O) groups excluding carboxylic acids is 2. The van der Waals surface area contributed by atoms with Gasteiger partial charge in [0.25, 0.3) is 11.8 Å². The topological polar surface area (TPSA) is 80.6 Å². The third kappa shape index (κ3) is 5.06. The minimum absolute atomic E-state index is 0.194. The van der Waals surface area contributed by atoms with Crippen molar-refractivity contribution < 1.29 is 18.7 Å². The molecule has 2 aromatic carbocycles. The second-order valence-electron chi connectivity index (χ2n) is 5.87. The summed E-state index contributed by atoms with van der Waals surface area (Å²) in [5.41, 5.74) is 1.89. The number of hydrogen-bond donors (Lipinski definition) is 2. The molecule has 144 valence electrons. The van der Waals surface area contributed by atoms with Crippen LogP contribution in [0.1, 0.15) is 16.1 Å². The fraction of sp³-hybridized carbons (Fsp3) is 0.100. The van der Waals surface area contributed by atoms with E-state index in [2.05, 4.69) is 10.6 Å². The van der Waals surface area contributed by atoms with Gasteiger partial charge in [0.15, 0.2) is 12.4 Å². The number of carbonyl (C=O) groups is 2. The summed E-state index contributed by atoms with van der Waals surface area (Å²) in [6.45, 7) is 1.61. The molecule has 0 saturated carbocycles. The Labute approximate surface area is 171 Å². The van der Waals surface area contributed by atoms with E-state index in [9.17, 15) is 9.59 Å². The van der Waals surface area contributed by atoms with E-state index >= 15 is 0 Å². The maximum absolute atomic E-state index is 12.2. The Morgan fingerprint density at radius 1 is 1.07 bits per heavy atom. The molecule has 2 N–H and O–H groups in total. The largest absolute Gasteiger partial charge is 0.482 e. The molecular formula is C20H16Cl2N2O4. The molecule has 6 nitrogen and oxygen atoms in total. The Bertz CT molecular complexity index is 1000.